The summed E-state index contributed by atoms with van der Waals surface area (Å²) in [5.41, 5.74) is 2.61. The van der Waals surface area contributed by atoms with Crippen LogP contribution in [-0.4, -0.2) is 16.9 Å². The van der Waals surface area contributed by atoms with Gasteiger partial charge in [-0.1, -0.05) is 24.3 Å². The molecule has 0 bridgehead atoms. The zero-order chi connectivity index (χ0) is 14.4. The summed E-state index contributed by atoms with van der Waals surface area (Å²) in [7, 11) is 0. The number of rotatable bonds is 2. The third-order valence-electron chi connectivity index (χ3n) is 4.69. The van der Waals surface area contributed by atoms with Gasteiger partial charge in [0.2, 0.25) is 0 Å². The molecule has 1 aromatic heterocycles. The molecule has 2 aliphatic carbocycles. The highest BCUT2D eigenvalue weighted by Gasteiger charge is 2.53. The van der Waals surface area contributed by atoms with E-state index in [4.69, 9.17) is 0 Å². The molecule has 1 amide bonds. The quantitative estimate of drug-likeness (QED) is 0.881. The van der Waals surface area contributed by atoms with Gasteiger partial charge in [-0.3, -0.25) is 9.59 Å². The number of benzene rings is 1. The van der Waals surface area contributed by atoms with Crippen molar-refractivity contribution in [3.63, 3.8) is 0 Å². The fourth-order valence-electron chi connectivity index (χ4n) is 3.59. The number of hydrogen-bond acceptors (Lipinski definition) is 2. The van der Waals surface area contributed by atoms with E-state index in [1.807, 2.05) is 0 Å². The molecule has 1 saturated carbocycles. The highest BCUT2D eigenvalue weighted by molar-refractivity contribution is 5.94. The van der Waals surface area contributed by atoms with E-state index in [9.17, 15) is 9.59 Å². The first-order chi connectivity index (χ1) is 10.3. The van der Waals surface area contributed by atoms with Crippen LogP contribution in [0.4, 0.5) is 0 Å². The maximum absolute atomic E-state index is 12.2. The minimum Gasteiger partial charge on any atom is -0.348 e. The molecule has 3 atom stereocenters. The smallest absolute Gasteiger partial charge is 0.260 e. The van der Waals surface area contributed by atoms with Crippen LogP contribution in [0.2, 0.25) is 0 Å². The third kappa shape index (κ3) is 1.98. The second-order valence-corrected chi connectivity index (χ2v) is 5.84. The van der Waals surface area contributed by atoms with Gasteiger partial charge in [-0.15, -0.1) is 0 Å². The van der Waals surface area contributed by atoms with Crippen molar-refractivity contribution in [2.45, 2.75) is 24.8 Å². The number of pyridine rings is 1. The van der Waals surface area contributed by atoms with Gasteiger partial charge >= 0.3 is 0 Å². The Bertz CT molecular complexity index is 765. The van der Waals surface area contributed by atoms with Crippen molar-refractivity contribution in [2.24, 2.45) is 5.92 Å². The highest BCUT2D eigenvalue weighted by atomic mass is 16.2. The molecule has 0 aliphatic heterocycles. The van der Waals surface area contributed by atoms with Crippen molar-refractivity contribution in [3.05, 3.63) is 69.6 Å². The summed E-state index contributed by atoms with van der Waals surface area (Å²) in [6.07, 6.45) is 3.72. The fraction of sp³-hybridized carbons (Fsp3) is 0.294. The number of aryl methyl sites for hydroxylation is 1. The van der Waals surface area contributed by atoms with Crippen LogP contribution in [-0.2, 0) is 6.42 Å². The fourth-order valence-corrected chi connectivity index (χ4v) is 3.59. The largest absolute Gasteiger partial charge is 0.348 e. The predicted molar refractivity (Wildman–Crippen MR) is 79.3 cm³/mol. The van der Waals surface area contributed by atoms with E-state index in [1.54, 1.807) is 12.1 Å². The number of nitrogens with one attached hydrogen (secondary N) is 2. The molecule has 1 aromatic carbocycles. The number of amides is 1. The molecule has 2 aliphatic rings. The SMILES string of the molecule is O=C(NC1C2CCc3ccccc3C21)c1ccc[nH]c1=O. The van der Waals surface area contributed by atoms with Gasteiger partial charge in [0, 0.05) is 18.2 Å². The average Bonchev–Trinajstić information content (AvgIpc) is 3.21. The molecule has 4 nitrogen and oxygen atoms in total. The first kappa shape index (κ1) is 12.4. The van der Waals surface area contributed by atoms with Gasteiger partial charge in [-0.2, -0.15) is 0 Å². The topological polar surface area (TPSA) is 62.0 Å². The van der Waals surface area contributed by atoms with Gasteiger partial charge in [-0.25, -0.2) is 0 Å². The molecule has 1 heterocycles. The van der Waals surface area contributed by atoms with Crippen molar-refractivity contribution < 1.29 is 4.79 Å². The van der Waals surface area contributed by atoms with Gasteiger partial charge < -0.3 is 10.3 Å². The van der Waals surface area contributed by atoms with Crippen molar-refractivity contribution in [2.75, 3.05) is 0 Å². The van der Waals surface area contributed by atoms with E-state index in [1.165, 1.54) is 17.3 Å². The van der Waals surface area contributed by atoms with E-state index in [-0.39, 0.29) is 23.1 Å². The van der Waals surface area contributed by atoms with Crippen LogP contribution < -0.4 is 10.9 Å². The molecule has 0 radical (unpaired) electrons. The summed E-state index contributed by atoms with van der Waals surface area (Å²) < 4.78 is 0. The molecular weight excluding hydrogens is 264 g/mol. The molecule has 4 rings (SSSR count). The minimum atomic E-state index is -0.334. The zero-order valence-corrected chi connectivity index (χ0v) is 11.5. The Morgan fingerprint density at radius 2 is 2.05 bits per heavy atom. The summed E-state index contributed by atoms with van der Waals surface area (Å²) in [5.74, 6) is 0.669. The molecule has 0 saturated heterocycles. The van der Waals surface area contributed by atoms with Crippen LogP contribution in [0.1, 0.15) is 33.8 Å². The lowest BCUT2D eigenvalue weighted by atomic mass is 9.92. The van der Waals surface area contributed by atoms with Crippen LogP contribution in [0.5, 0.6) is 0 Å². The van der Waals surface area contributed by atoms with Gasteiger partial charge in [0.05, 0.1) is 0 Å². The van der Waals surface area contributed by atoms with Gasteiger partial charge in [-0.05, 0) is 42.0 Å². The number of H-pyrrole nitrogens is 1. The maximum atomic E-state index is 12.2. The lowest BCUT2D eigenvalue weighted by Gasteiger charge is -2.13. The predicted octanol–water partition coefficient (Wildman–Crippen LogP) is 1.83. The number of carbonyl (C=O) groups excluding carboxylic acids is 1. The molecule has 0 spiro atoms. The second-order valence-electron chi connectivity index (χ2n) is 5.84. The van der Waals surface area contributed by atoms with Crippen molar-refractivity contribution in [3.8, 4) is 0 Å². The van der Waals surface area contributed by atoms with Crippen molar-refractivity contribution in [1.29, 1.82) is 0 Å². The van der Waals surface area contributed by atoms with E-state index in [2.05, 4.69) is 34.6 Å². The van der Waals surface area contributed by atoms with Crippen LogP contribution >= 0.6 is 0 Å². The van der Waals surface area contributed by atoms with Gasteiger partial charge in [0.25, 0.3) is 11.5 Å². The Morgan fingerprint density at radius 1 is 1.19 bits per heavy atom. The Balaban J connectivity index is 1.55. The number of aromatic nitrogens is 1. The van der Waals surface area contributed by atoms with Crippen molar-refractivity contribution in [1.82, 2.24) is 10.3 Å². The van der Waals surface area contributed by atoms with E-state index >= 15 is 0 Å². The average molecular weight is 280 g/mol. The van der Waals surface area contributed by atoms with E-state index in [0.29, 0.717) is 11.8 Å². The second kappa shape index (κ2) is 4.58. The maximum Gasteiger partial charge on any atom is 0.260 e. The van der Waals surface area contributed by atoms with Crippen LogP contribution in [0.25, 0.3) is 0 Å². The summed E-state index contributed by atoms with van der Waals surface area (Å²) in [4.78, 5) is 26.4. The van der Waals surface area contributed by atoms with Gasteiger partial charge in [0.15, 0.2) is 0 Å². The Hall–Kier alpha value is -2.36. The number of hydrogen-bond donors (Lipinski definition) is 2. The molecular formula is C17H16N2O2. The van der Waals surface area contributed by atoms with E-state index < -0.39 is 0 Å². The summed E-state index contributed by atoms with van der Waals surface area (Å²) in [6.45, 7) is 0. The van der Waals surface area contributed by atoms with Crippen LogP contribution in [0.3, 0.4) is 0 Å². The molecule has 2 aromatic rings. The molecule has 2 N–H and O–H groups in total. The van der Waals surface area contributed by atoms with Crippen LogP contribution in [0, 0.1) is 5.92 Å². The molecule has 3 unspecified atom stereocenters. The molecule has 21 heavy (non-hydrogen) atoms. The minimum absolute atomic E-state index is 0.167. The molecule has 1 fully saturated rings. The number of aromatic amines is 1. The summed E-state index contributed by atoms with van der Waals surface area (Å²) in [6, 6.07) is 11.9. The standard InChI is InChI=1S/C17H16N2O2/c20-16-13(6-3-9-18-16)17(21)19-15-12-8-7-10-4-1-2-5-11(10)14(12)15/h1-6,9,12,14-15H,7-8H2,(H,18,20)(H,19,21). The number of fused-ring (bicyclic) bond motifs is 3. The Morgan fingerprint density at radius 3 is 2.90 bits per heavy atom. The molecule has 4 heteroatoms. The Kier molecular flexibility index (Phi) is 2.70. The zero-order valence-electron chi connectivity index (χ0n) is 11.5. The number of carbonyl (C=O) groups is 1. The summed E-state index contributed by atoms with van der Waals surface area (Å²) in [5, 5.41) is 3.03. The molecule has 106 valence electrons. The normalized spacial score (nSPS) is 25.6. The lowest BCUT2D eigenvalue weighted by Crippen LogP contribution is -2.32. The Labute approximate surface area is 122 Å². The van der Waals surface area contributed by atoms with Crippen molar-refractivity contribution >= 4 is 5.91 Å². The third-order valence-corrected chi connectivity index (χ3v) is 4.69. The van der Waals surface area contributed by atoms with E-state index in [0.717, 1.165) is 12.8 Å². The van der Waals surface area contributed by atoms with Gasteiger partial charge in [0.1, 0.15) is 5.56 Å². The highest BCUT2D eigenvalue weighted by Crippen LogP contribution is 2.54. The first-order valence-electron chi connectivity index (χ1n) is 7.32. The monoisotopic (exact) mass is 280 g/mol. The lowest BCUT2D eigenvalue weighted by molar-refractivity contribution is 0.0947. The van der Waals surface area contributed by atoms with Crippen LogP contribution in [0.15, 0.2) is 47.4 Å². The first-order valence-corrected chi connectivity index (χ1v) is 7.32. The summed E-state index contributed by atoms with van der Waals surface area (Å²) >= 11 is 0.